The highest BCUT2D eigenvalue weighted by Gasteiger charge is 2.04. The highest BCUT2D eigenvalue weighted by atomic mass is 35.5. The van der Waals surface area contributed by atoms with Gasteiger partial charge < -0.3 is 10.6 Å². The van der Waals surface area contributed by atoms with Crippen LogP contribution in [0.4, 0.5) is 17.3 Å². The summed E-state index contributed by atoms with van der Waals surface area (Å²) < 4.78 is 0. The van der Waals surface area contributed by atoms with Gasteiger partial charge in [0.25, 0.3) is 0 Å². The van der Waals surface area contributed by atoms with Crippen LogP contribution >= 0.6 is 11.6 Å². The Labute approximate surface area is 122 Å². The first kappa shape index (κ1) is 14.1. The molecule has 20 heavy (non-hydrogen) atoms. The summed E-state index contributed by atoms with van der Waals surface area (Å²) in [4.78, 5) is 8.49. The largest absolute Gasteiger partial charge is 0.369 e. The minimum absolute atomic E-state index is 0.526. The van der Waals surface area contributed by atoms with E-state index in [4.69, 9.17) is 16.9 Å². The third kappa shape index (κ3) is 3.59. The Kier molecular flexibility index (Phi) is 4.75. The monoisotopic (exact) mass is 287 g/mol. The average Bonchev–Trinajstić information content (AvgIpc) is 2.48. The Hall–Kier alpha value is -2.32. The van der Waals surface area contributed by atoms with Crippen molar-refractivity contribution in [3.8, 4) is 6.07 Å². The van der Waals surface area contributed by atoms with E-state index >= 15 is 0 Å². The van der Waals surface area contributed by atoms with E-state index in [0.29, 0.717) is 27.9 Å². The van der Waals surface area contributed by atoms with Gasteiger partial charge in [0.15, 0.2) is 5.82 Å². The van der Waals surface area contributed by atoms with Gasteiger partial charge in [-0.3, -0.25) is 4.98 Å². The van der Waals surface area contributed by atoms with Crippen LogP contribution in [0.25, 0.3) is 0 Å². The van der Waals surface area contributed by atoms with Gasteiger partial charge in [-0.1, -0.05) is 18.5 Å². The Bertz CT molecular complexity index is 636. The molecule has 0 spiro atoms. The predicted octanol–water partition coefficient (Wildman–Crippen LogP) is 3.57. The van der Waals surface area contributed by atoms with Gasteiger partial charge in [-0.05, 0) is 24.6 Å². The lowest BCUT2D eigenvalue weighted by molar-refractivity contribution is 0.965. The molecule has 1 heterocycles. The van der Waals surface area contributed by atoms with Crippen LogP contribution < -0.4 is 10.6 Å². The fourth-order valence-electron chi connectivity index (χ4n) is 1.59. The normalized spacial score (nSPS) is 9.85. The smallest absolute Gasteiger partial charge is 0.151 e. The lowest BCUT2D eigenvalue weighted by Crippen LogP contribution is -2.04. The number of aromatic nitrogens is 2. The summed E-state index contributed by atoms with van der Waals surface area (Å²) in [6.45, 7) is 2.92. The van der Waals surface area contributed by atoms with E-state index in [9.17, 15) is 0 Å². The highest BCUT2D eigenvalue weighted by molar-refractivity contribution is 6.33. The SMILES string of the molecule is CCCNc1cncc(Nc2cc(C#N)ccc2Cl)n1. The van der Waals surface area contributed by atoms with Gasteiger partial charge in [0, 0.05) is 6.54 Å². The number of benzene rings is 1. The maximum atomic E-state index is 8.90. The first-order chi connectivity index (χ1) is 9.72. The lowest BCUT2D eigenvalue weighted by atomic mass is 10.2. The molecule has 0 unspecified atom stereocenters. The standard InChI is InChI=1S/C14H14ClN5/c1-2-5-18-13-8-17-9-14(20-13)19-12-6-10(7-16)3-4-11(12)15/h3-4,6,8-9H,2,5H2,1H3,(H2,18,19,20). The maximum absolute atomic E-state index is 8.90. The first-order valence-corrected chi connectivity index (χ1v) is 6.63. The molecule has 2 rings (SSSR count). The van der Waals surface area contributed by atoms with Crippen molar-refractivity contribution in [1.29, 1.82) is 5.26 Å². The number of hydrogen-bond acceptors (Lipinski definition) is 5. The molecule has 0 fully saturated rings. The number of hydrogen-bond donors (Lipinski definition) is 2. The number of nitrogens with one attached hydrogen (secondary N) is 2. The van der Waals surface area contributed by atoms with Crippen molar-refractivity contribution in [1.82, 2.24) is 9.97 Å². The van der Waals surface area contributed by atoms with Gasteiger partial charge in [-0.2, -0.15) is 5.26 Å². The number of rotatable bonds is 5. The molecule has 0 saturated carbocycles. The van der Waals surface area contributed by atoms with Gasteiger partial charge in [-0.25, -0.2) is 4.98 Å². The van der Waals surface area contributed by atoms with Gasteiger partial charge in [0.05, 0.1) is 34.7 Å². The van der Waals surface area contributed by atoms with E-state index in [1.54, 1.807) is 30.6 Å². The van der Waals surface area contributed by atoms with Crippen molar-refractivity contribution in [2.24, 2.45) is 0 Å². The van der Waals surface area contributed by atoms with Crippen LogP contribution in [0.5, 0.6) is 0 Å². The molecule has 2 aromatic rings. The molecule has 0 atom stereocenters. The molecule has 6 heteroatoms. The zero-order valence-corrected chi connectivity index (χ0v) is 11.8. The van der Waals surface area contributed by atoms with Gasteiger partial charge in [0.2, 0.25) is 0 Å². The van der Waals surface area contributed by atoms with Crippen LogP contribution in [-0.2, 0) is 0 Å². The van der Waals surface area contributed by atoms with E-state index in [1.165, 1.54) is 0 Å². The van der Waals surface area contributed by atoms with Crippen molar-refractivity contribution >= 4 is 28.9 Å². The summed E-state index contributed by atoms with van der Waals surface area (Å²) in [6, 6.07) is 7.09. The molecule has 1 aromatic carbocycles. The van der Waals surface area contributed by atoms with Gasteiger partial charge in [-0.15, -0.1) is 0 Å². The molecular formula is C14H14ClN5. The van der Waals surface area contributed by atoms with Crippen molar-refractivity contribution in [3.05, 3.63) is 41.2 Å². The topological polar surface area (TPSA) is 73.6 Å². The van der Waals surface area contributed by atoms with E-state index in [-0.39, 0.29) is 0 Å². The molecular weight excluding hydrogens is 274 g/mol. The number of nitrogens with zero attached hydrogens (tertiary/aromatic N) is 3. The van der Waals surface area contributed by atoms with Crippen LogP contribution in [0.1, 0.15) is 18.9 Å². The molecule has 0 aliphatic carbocycles. The lowest BCUT2D eigenvalue weighted by Gasteiger charge is -2.09. The van der Waals surface area contributed by atoms with Gasteiger partial charge in [0.1, 0.15) is 5.82 Å². The quantitative estimate of drug-likeness (QED) is 0.879. The molecule has 0 radical (unpaired) electrons. The van der Waals surface area contributed by atoms with E-state index in [2.05, 4.69) is 33.6 Å². The molecule has 0 saturated heterocycles. The van der Waals surface area contributed by atoms with Crippen molar-refractivity contribution in [3.63, 3.8) is 0 Å². The Morgan fingerprint density at radius 2 is 2.10 bits per heavy atom. The van der Waals surface area contributed by atoms with Crippen molar-refractivity contribution in [2.75, 3.05) is 17.2 Å². The molecule has 0 amide bonds. The summed E-state index contributed by atoms with van der Waals surface area (Å²) in [6.07, 6.45) is 4.27. The van der Waals surface area contributed by atoms with Crippen LogP contribution in [-0.4, -0.2) is 16.5 Å². The highest BCUT2D eigenvalue weighted by Crippen LogP contribution is 2.25. The molecule has 2 N–H and O–H groups in total. The molecule has 5 nitrogen and oxygen atoms in total. The average molecular weight is 288 g/mol. The minimum Gasteiger partial charge on any atom is -0.369 e. The molecule has 102 valence electrons. The fourth-order valence-corrected chi connectivity index (χ4v) is 1.76. The van der Waals surface area contributed by atoms with E-state index in [0.717, 1.165) is 13.0 Å². The minimum atomic E-state index is 0.526. The number of nitriles is 1. The maximum Gasteiger partial charge on any atom is 0.151 e. The summed E-state index contributed by atoms with van der Waals surface area (Å²) in [7, 11) is 0. The second kappa shape index (κ2) is 6.73. The summed E-state index contributed by atoms with van der Waals surface area (Å²) in [5.74, 6) is 1.27. The second-order valence-corrected chi connectivity index (χ2v) is 4.55. The summed E-state index contributed by atoms with van der Waals surface area (Å²) in [5, 5.41) is 15.7. The van der Waals surface area contributed by atoms with Crippen LogP contribution in [0.15, 0.2) is 30.6 Å². The summed E-state index contributed by atoms with van der Waals surface area (Å²) >= 11 is 6.09. The van der Waals surface area contributed by atoms with Crippen LogP contribution in [0.2, 0.25) is 5.02 Å². The number of halogens is 1. The van der Waals surface area contributed by atoms with Crippen LogP contribution in [0.3, 0.4) is 0 Å². The van der Waals surface area contributed by atoms with Crippen molar-refractivity contribution < 1.29 is 0 Å². The fraction of sp³-hybridized carbons (Fsp3) is 0.214. The summed E-state index contributed by atoms with van der Waals surface area (Å²) in [5.41, 5.74) is 1.16. The Morgan fingerprint density at radius 1 is 1.30 bits per heavy atom. The molecule has 0 aliphatic rings. The predicted molar refractivity (Wildman–Crippen MR) is 80.3 cm³/mol. The molecule has 1 aromatic heterocycles. The van der Waals surface area contributed by atoms with Crippen molar-refractivity contribution in [2.45, 2.75) is 13.3 Å². The number of anilines is 3. The van der Waals surface area contributed by atoms with E-state index in [1.807, 2.05) is 0 Å². The zero-order valence-electron chi connectivity index (χ0n) is 11.0. The second-order valence-electron chi connectivity index (χ2n) is 4.15. The van der Waals surface area contributed by atoms with Gasteiger partial charge >= 0.3 is 0 Å². The first-order valence-electron chi connectivity index (χ1n) is 6.25. The third-order valence-electron chi connectivity index (χ3n) is 2.55. The Morgan fingerprint density at radius 3 is 2.85 bits per heavy atom. The zero-order chi connectivity index (χ0) is 14.4. The molecule has 0 bridgehead atoms. The van der Waals surface area contributed by atoms with E-state index < -0.39 is 0 Å². The van der Waals surface area contributed by atoms with Crippen LogP contribution in [0, 0.1) is 11.3 Å². The molecule has 0 aliphatic heterocycles. The Balaban J connectivity index is 2.19. The third-order valence-corrected chi connectivity index (χ3v) is 2.88.